The highest BCUT2D eigenvalue weighted by Gasteiger charge is 2.29. The molecule has 1 amide bonds. The zero-order valence-corrected chi connectivity index (χ0v) is 17.7. The number of rotatable bonds is 6. The summed E-state index contributed by atoms with van der Waals surface area (Å²) in [6, 6.07) is 14.8. The van der Waals surface area contributed by atoms with Crippen molar-refractivity contribution in [3.63, 3.8) is 0 Å². The number of ether oxygens (including phenoxy) is 2. The van der Waals surface area contributed by atoms with Crippen molar-refractivity contribution in [1.82, 2.24) is 10.1 Å². The number of methoxy groups -OCH3 is 2. The van der Waals surface area contributed by atoms with Gasteiger partial charge in [0.15, 0.2) is 11.5 Å². The molecule has 2 heterocycles. The van der Waals surface area contributed by atoms with E-state index in [1.807, 2.05) is 0 Å². The van der Waals surface area contributed by atoms with Crippen molar-refractivity contribution in [2.45, 2.75) is 6.92 Å². The lowest BCUT2D eigenvalue weighted by atomic mass is 10.0. The Morgan fingerprint density at radius 2 is 1.69 bits per heavy atom. The van der Waals surface area contributed by atoms with Crippen molar-refractivity contribution < 1.29 is 23.2 Å². The lowest BCUT2D eigenvalue weighted by molar-refractivity contribution is -0.116. The summed E-state index contributed by atoms with van der Waals surface area (Å²) in [5.74, 6) is 0.168. The van der Waals surface area contributed by atoms with E-state index in [9.17, 15) is 9.18 Å². The molecule has 0 radical (unpaired) electrons. The van der Waals surface area contributed by atoms with E-state index in [1.54, 1.807) is 62.0 Å². The molecular weight excluding hydrogens is 413 g/mol. The molecule has 0 fully saturated rings. The number of para-hydroxylation sites is 1. The van der Waals surface area contributed by atoms with Crippen molar-refractivity contribution in [2.24, 2.45) is 0 Å². The molecule has 0 spiro atoms. The first-order chi connectivity index (χ1) is 15.5. The molecule has 2 aromatic carbocycles. The minimum Gasteiger partial charge on any atom is -0.493 e. The summed E-state index contributed by atoms with van der Waals surface area (Å²) < 4.78 is 31.0. The number of carbonyl (C=O) groups is 1. The molecule has 2 aromatic heterocycles. The number of nitrogens with zero attached hydrogens (tertiary/aromatic N) is 3. The van der Waals surface area contributed by atoms with Gasteiger partial charge >= 0.3 is 0 Å². The van der Waals surface area contributed by atoms with E-state index < -0.39 is 11.7 Å². The molecule has 32 heavy (non-hydrogen) atoms. The van der Waals surface area contributed by atoms with Crippen molar-refractivity contribution in [2.75, 3.05) is 19.1 Å². The van der Waals surface area contributed by atoms with Gasteiger partial charge in [-0.2, -0.15) is 0 Å². The van der Waals surface area contributed by atoms with Crippen LogP contribution in [-0.2, 0) is 4.79 Å². The van der Waals surface area contributed by atoms with Gasteiger partial charge < -0.3 is 14.0 Å². The van der Waals surface area contributed by atoms with Crippen molar-refractivity contribution in [1.29, 1.82) is 0 Å². The summed E-state index contributed by atoms with van der Waals surface area (Å²) >= 11 is 0. The number of hydrogen-bond acceptors (Lipinski definition) is 6. The fourth-order valence-electron chi connectivity index (χ4n) is 3.45. The van der Waals surface area contributed by atoms with Crippen LogP contribution in [0.2, 0.25) is 0 Å². The molecule has 0 bridgehead atoms. The maximum absolute atomic E-state index is 14.6. The highest BCUT2D eigenvalue weighted by molar-refractivity contribution is 6.03. The molecule has 0 unspecified atom stereocenters. The van der Waals surface area contributed by atoms with Gasteiger partial charge in [0.1, 0.15) is 11.5 Å². The second-order valence-electron chi connectivity index (χ2n) is 6.82. The smallest absolute Gasteiger partial charge is 0.247 e. The van der Waals surface area contributed by atoms with Crippen LogP contribution in [0.5, 0.6) is 11.5 Å². The Balaban J connectivity index is 1.97. The lowest BCUT2D eigenvalue weighted by Crippen LogP contribution is -2.23. The Morgan fingerprint density at radius 1 is 0.969 bits per heavy atom. The fourth-order valence-corrected chi connectivity index (χ4v) is 3.45. The second kappa shape index (κ2) is 8.89. The van der Waals surface area contributed by atoms with Crippen LogP contribution in [-0.4, -0.2) is 30.3 Å². The fraction of sp³-hybridized carbons (Fsp3) is 0.125. The van der Waals surface area contributed by atoms with Crippen LogP contribution in [0.4, 0.5) is 16.0 Å². The van der Waals surface area contributed by atoms with E-state index in [-0.39, 0.29) is 11.6 Å². The van der Waals surface area contributed by atoms with E-state index in [0.717, 1.165) is 0 Å². The molecule has 162 valence electrons. The van der Waals surface area contributed by atoms with Crippen molar-refractivity contribution in [3.05, 3.63) is 72.8 Å². The molecule has 0 atom stereocenters. The van der Waals surface area contributed by atoms with Crippen molar-refractivity contribution in [3.8, 4) is 33.9 Å². The van der Waals surface area contributed by atoms with Crippen LogP contribution in [0.3, 0.4) is 0 Å². The number of hydrogen-bond donors (Lipinski definition) is 0. The highest BCUT2D eigenvalue weighted by atomic mass is 19.1. The summed E-state index contributed by atoms with van der Waals surface area (Å²) in [7, 11) is 3.09. The highest BCUT2D eigenvalue weighted by Crippen LogP contribution is 2.44. The van der Waals surface area contributed by atoms with Crippen LogP contribution >= 0.6 is 0 Å². The maximum Gasteiger partial charge on any atom is 0.247 e. The number of amides is 1. The minimum absolute atomic E-state index is 0.0605. The SMILES string of the molecule is COc1ccc(-c2noc(N(C(C)=O)c3ccccc3F)c2-c2ccncc2)cc1OC. The van der Waals surface area contributed by atoms with Gasteiger partial charge in [0.25, 0.3) is 0 Å². The van der Waals surface area contributed by atoms with Gasteiger partial charge in [-0.3, -0.25) is 9.78 Å². The normalized spacial score (nSPS) is 10.6. The number of carbonyl (C=O) groups excluding carboxylic acids is 1. The lowest BCUT2D eigenvalue weighted by Gasteiger charge is -2.20. The Morgan fingerprint density at radius 3 is 2.34 bits per heavy atom. The first-order valence-corrected chi connectivity index (χ1v) is 9.72. The molecule has 0 saturated carbocycles. The monoisotopic (exact) mass is 433 g/mol. The van der Waals surface area contributed by atoms with Gasteiger partial charge in [-0.15, -0.1) is 0 Å². The molecule has 4 rings (SSSR count). The van der Waals surface area contributed by atoms with E-state index in [2.05, 4.69) is 10.1 Å². The first-order valence-electron chi connectivity index (χ1n) is 9.72. The average molecular weight is 433 g/mol. The van der Waals surface area contributed by atoms with E-state index in [1.165, 1.54) is 31.1 Å². The molecule has 0 saturated heterocycles. The molecule has 7 nitrogen and oxygen atoms in total. The molecule has 0 aliphatic heterocycles. The van der Waals surface area contributed by atoms with Gasteiger partial charge in [0.05, 0.1) is 25.5 Å². The van der Waals surface area contributed by atoms with Gasteiger partial charge in [-0.25, -0.2) is 9.29 Å². The van der Waals surface area contributed by atoms with Gasteiger partial charge in [-0.1, -0.05) is 17.3 Å². The number of pyridine rings is 1. The van der Waals surface area contributed by atoms with Gasteiger partial charge in [-0.05, 0) is 48.0 Å². The van der Waals surface area contributed by atoms with Gasteiger partial charge in [0.2, 0.25) is 11.8 Å². The summed E-state index contributed by atoms with van der Waals surface area (Å²) in [6.07, 6.45) is 3.23. The Kier molecular flexibility index (Phi) is 5.85. The van der Waals surface area contributed by atoms with Crippen LogP contribution in [0.1, 0.15) is 6.92 Å². The summed E-state index contributed by atoms with van der Waals surface area (Å²) in [5, 5.41) is 4.24. The molecule has 0 aliphatic carbocycles. The first kappa shape index (κ1) is 21.0. The summed E-state index contributed by atoms with van der Waals surface area (Å²) in [6.45, 7) is 1.33. The second-order valence-corrected chi connectivity index (χ2v) is 6.82. The zero-order valence-electron chi connectivity index (χ0n) is 17.7. The third kappa shape index (κ3) is 3.78. The number of halogens is 1. The third-order valence-electron chi connectivity index (χ3n) is 4.91. The predicted octanol–water partition coefficient (Wildman–Crippen LogP) is 5.24. The average Bonchev–Trinajstić information content (AvgIpc) is 3.25. The Bertz CT molecular complexity index is 1260. The predicted molar refractivity (Wildman–Crippen MR) is 117 cm³/mol. The topological polar surface area (TPSA) is 77.7 Å². The largest absolute Gasteiger partial charge is 0.493 e. The quantitative estimate of drug-likeness (QED) is 0.414. The number of benzene rings is 2. The Hall–Kier alpha value is -4.20. The molecule has 4 aromatic rings. The molecule has 8 heteroatoms. The summed E-state index contributed by atoms with van der Waals surface area (Å²) in [5.41, 5.74) is 2.39. The number of anilines is 2. The van der Waals surface area contributed by atoms with Crippen molar-refractivity contribution >= 4 is 17.5 Å². The maximum atomic E-state index is 14.6. The molecule has 0 N–H and O–H groups in total. The third-order valence-corrected chi connectivity index (χ3v) is 4.91. The van der Waals surface area contributed by atoms with Crippen LogP contribution in [0.15, 0.2) is 71.5 Å². The van der Waals surface area contributed by atoms with Gasteiger partial charge in [0, 0.05) is 24.9 Å². The van der Waals surface area contributed by atoms with Crippen LogP contribution in [0, 0.1) is 5.82 Å². The summed E-state index contributed by atoms with van der Waals surface area (Å²) in [4.78, 5) is 17.9. The van der Waals surface area contributed by atoms with Crippen LogP contribution < -0.4 is 14.4 Å². The number of aromatic nitrogens is 2. The Labute approximate surface area is 184 Å². The van der Waals surface area contributed by atoms with E-state index in [4.69, 9.17) is 14.0 Å². The molecular formula is C24H20FN3O4. The van der Waals surface area contributed by atoms with Crippen LogP contribution in [0.25, 0.3) is 22.4 Å². The van der Waals surface area contributed by atoms with E-state index in [0.29, 0.717) is 33.9 Å². The standard InChI is InChI=1S/C24H20FN3O4/c1-15(29)28(19-7-5-4-6-18(19)25)24-22(16-10-12-26-13-11-16)23(27-32-24)17-8-9-20(30-2)21(14-17)31-3/h4-14H,1-3H3. The zero-order chi connectivity index (χ0) is 22.7. The molecule has 0 aliphatic rings. The minimum atomic E-state index is -0.563. The van der Waals surface area contributed by atoms with E-state index >= 15 is 0 Å².